The maximum Gasteiger partial charge on any atom is 0.0125 e. The van der Waals surface area contributed by atoms with Crippen LogP contribution in [-0.2, 0) is 0 Å². The normalized spacial score (nSPS) is 23.8. The Morgan fingerprint density at radius 1 is 0.451 bits per heavy atom. The van der Waals surface area contributed by atoms with E-state index in [2.05, 4.69) is 187 Å². The second-order valence-electron chi connectivity index (χ2n) is 31.9. The summed E-state index contributed by atoms with van der Waals surface area (Å²) in [6, 6.07) is 0. The molecule has 7 aliphatic rings. The molecule has 0 bridgehead atoms. The summed E-state index contributed by atoms with van der Waals surface area (Å²) in [5.74, 6) is 1.95. The van der Waals surface area contributed by atoms with Gasteiger partial charge in [0, 0.05) is 11.1 Å². The van der Waals surface area contributed by atoms with E-state index in [9.17, 15) is 0 Å². The Morgan fingerprint density at radius 2 is 0.887 bits per heavy atom. The minimum atomic E-state index is 0.389. The molecule has 7 rings (SSSR count). The first-order valence-corrected chi connectivity index (χ1v) is 31.1. The summed E-state index contributed by atoms with van der Waals surface area (Å²) in [7, 11) is 0. The minimum absolute atomic E-state index is 0.389. The number of rotatable bonds is 2. The summed E-state index contributed by atoms with van der Waals surface area (Å²) in [4.78, 5) is 5.17. The average Bonchev–Trinajstić information content (AvgIpc) is 3.73. The molecule has 0 unspecified atom stereocenters. The van der Waals surface area contributed by atoms with E-state index < -0.39 is 0 Å². The lowest BCUT2D eigenvalue weighted by Gasteiger charge is -2.42. The van der Waals surface area contributed by atoms with Gasteiger partial charge in [0.1, 0.15) is 0 Å². The Hall–Kier alpha value is -0.860. The molecule has 0 aromatic rings. The third-order valence-corrected chi connectivity index (χ3v) is 19.3. The van der Waals surface area contributed by atoms with Gasteiger partial charge in [-0.3, -0.25) is 9.80 Å². The predicted molar refractivity (Wildman–Crippen MR) is 323 cm³/mol. The molecule has 5 aliphatic carbocycles. The van der Waals surface area contributed by atoms with Crippen molar-refractivity contribution in [2.24, 2.45) is 49.7 Å². The van der Waals surface area contributed by atoms with Crippen LogP contribution in [0, 0.1) is 49.7 Å². The van der Waals surface area contributed by atoms with E-state index in [-0.39, 0.29) is 0 Å². The quantitative estimate of drug-likeness (QED) is 0.254. The molecular weight excluding hydrogens is 857 g/mol. The van der Waals surface area contributed by atoms with Gasteiger partial charge in [0.15, 0.2) is 0 Å². The van der Waals surface area contributed by atoms with Crippen LogP contribution in [-0.4, -0.2) is 47.1 Å². The average molecular weight is 990 g/mol. The highest BCUT2D eigenvalue weighted by Crippen LogP contribution is 2.53. The first-order chi connectivity index (χ1) is 32.5. The van der Waals surface area contributed by atoms with Crippen molar-refractivity contribution >= 4 is 0 Å². The van der Waals surface area contributed by atoms with Crippen molar-refractivity contribution in [2.45, 2.75) is 331 Å². The summed E-state index contributed by atoms with van der Waals surface area (Å²) in [5, 5.41) is 0. The fraction of sp³-hybridized carbons (Fsp3) is 0.913. The van der Waals surface area contributed by atoms with Crippen LogP contribution in [0.1, 0.15) is 320 Å². The third kappa shape index (κ3) is 24.8. The molecule has 0 aromatic carbocycles. The van der Waals surface area contributed by atoms with Crippen molar-refractivity contribution in [3.05, 3.63) is 34.9 Å². The van der Waals surface area contributed by atoms with Crippen molar-refractivity contribution in [1.29, 1.82) is 0 Å². The zero-order valence-corrected chi connectivity index (χ0v) is 53.3. The lowest BCUT2D eigenvalue weighted by atomic mass is 9.63. The van der Waals surface area contributed by atoms with Crippen molar-refractivity contribution in [3.8, 4) is 0 Å². The van der Waals surface area contributed by atoms with Crippen molar-refractivity contribution in [3.63, 3.8) is 0 Å². The van der Waals surface area contributed by atoms with Gasteiger partial charge in [-0.25, -0.2) is 0 Å². The molecule has 4 fully saturated rings. The van der Waals surface area contributed by atoms with E-state index in [1.54, 1.807) is 29.6 Å². The lowest BCUT2D eigenvalue weighted by Crippen LogP contribution is -2.45. The highest BCUT2D eigenvalue weighted by Gasteiger charge is 2.40. The molecule has 2 heteroatoms. The van der Waals surface area contributed by atoms with Crippen LogP contribution in [0.15, 0.2) is 34.9 Å². The SMILES string of the molecule is CC(C)(C)C1=CCCCC1.CC(C)(C)C1CCC2(CCCC2)CC1.CC(C)(C)N1CCCCC1.CC1(C)CC=C(C(C)(C)C)CC1.CC1CCN(C(C)(C)C)CC1.CCC1(CC)CC=C(C(C)(C)C)CC1. The van der Waals surface area contributed by atoms with E-state index in [0.29, 0.717) is 43.6 Å². The summed E-state index contributed by atoms with van der Waals surface area (Å²) >= 11 is 0. The highest BCUT2D eigenvalue weighted by molar-refractivity contribution is 5.17. The van der Waals surface area contributed by atoms with Gasteiger partial charge in [-0.15, -0.1) is 0 Å². The number of hydrogen-bond acceptors (Lipinski definition) is 2. The second-order valence-corrected chi connectivity index (χ2v) is 31.9. The van der Waals surface area contributed by atoms with Crippen molar-refractivity contribution < 1.29 is 0 Å². The topological polar surface area (TPSA) is 6.48 Å². The van der Waals surface area contributed by atoms with Gasteiger partial charge in [-0.2, -0.15) is 0 Å². The van der Waals surface area contributed by atoms with E-state index in [4.69, 9.17) is 0 Å². The zero-order valence-electron chi connectivity index (χ0n) is 53.3. The fourth-order valence-corrected chi connectivity index (χ4v) is 12.8. The largest absolute Gasteiger partial charge is 0.298 e. The fourth-order valence-electron chi connectivity index (χ4n) is 12.8. The standard InChI is InChI=1S/2C14H26.C12H22.C10H21N.C10H18.C9H19N/c1-13(2,3)12-6-10-14(11-7-12)8-4-5-9-14;1-6-14(7-2)10-8-12(9-11-14)13(3,4)5;1-11(2,3)10-6-8-12(4,5)9-7-10;1-9-5-7-11(8-6-9)10(2,3)4;1-10(2,3)9-7-5-4-6-8-9;1-9(2,3)10-7-5-4-6-8-10/h12H,4-11H2,1-3H3;8H,6-7,9-11H2,1-5H3;6H,7-9H2,1-5H3;9H,5-8H2,1-4H3;7H,4-6,8H2,1-3H3;4-8H2,1-3H3. The lowest BCUT2D eigenvalue weighted by molar-refractivity contribution is 0.0916. The Bertz CT molecular complexity index is 1540. The van der Waals surface area contributed by atoms with Crippen molar-refractivity contribution in [2.75, 3.05) is 26.2 Å². The number of allylic oxidation sites excluding steroid dienone is 6. The summed E-state index contributed by atoms with van der Waals surface area (Å²) in [5.41, 5.74) is 9.58. The molecule has 0 amide bonds. The van der Waals surface area contributed by atoms with Crippen LogP contribution in [0.25, 0.3) is 0 Å². The van der Waals surface area contributed by atoms with Crippen molar-refractivity contribution in [1.82, 2.24) is 9.80 Å². The van der Waals surface area contributed by atoms with E-state index in [1.807, 2.05) is 0 Å². The molecule has 2 saturated carbocycles. The number of likely N-dealkylation sites (tertiary alicyclic amines) is 2. The van der Waals surface area contributed by atoms with Crippen LogP contribution in [0.2, 0.25) is 0 Å². The molecule has 2 nitrogen and oxygen atoms in total. The molecule has 2 aliphatic heterocycles. The molecule has 1 spiro atoms. The second kappa shape index (κ2) is 28.5. The Morgan fingerprint density at radius 3 is 1.21 bits per heavy atom. The predicted octanol–water partition coefficient (Wildman–Crippen LogP) is 22.2. The highest BCUT2D eigenvalue weighted by atomic mass is 15.2. The maximum atomic E-state index is 2.59. The van der Waals surface area contributed by atoms with E-state index >= 15 is 0 Å². The molecule has 0 radical (unpaired) electrons. The molecule has 0 aromatic heterocycles. The van der Waals surface area contributed by atoms with Gasteiger partial charge < -0.3 is 0 Å². The van der Waals surface area contributed by atoms with Crippen LogP contribution >= 0.6 is 0 Å². The maximum absolute atomic E-state index is 2.59. The summed E-state index contributed by atoms with van der Waals surface area (Å²) in [6.45, 7) is 59.0. The van der Waals surface area contributed by atoms with Gasteiger partial charge >= 0.3 is 0 Å². The zero-order chi connectivity index (χ0) is 54.2. The van der Waals surface area contributed by atoms with E-state index in [0.717, 1.165) is 17.3 Å². The van der Waals surface area contributed by atoms with Gasteiger partial charge in [-0.1, -0.05) is 185 Å². The van der Waals surface area contributed by atoms with Crippen LogP contribution < -0.4 is 0 Å². The molecule has 418 valence electrons. The van der Waals surface area contributed by atoms with Crippen LogP contribution in [0.4, 0.5) is 0 Å². The Balaban J connectivity index is 0.000000294. The summed E-state index contributed by atoms with van der Waals surface area (Å²) < 4.78 is 0. The summed E-state index contributed by atoms with van der Waals surface area (Å²) in [6.07, 6.45) is 42.7. The van der Waals surface area contributed by atoms with Crippen LogP contribution in [0.5, 0.6) is 0 Å². The molecule has 2 saturated heterocycles. The molecule has 71 heavy (non-hydrogen) atoms. The van der Waals surface area contributed by atoms with Gasteiger partial charge in [0.25, 0.3) is 0 Å². The number of nitrogens with zero attached hydrogens (tertiary/aromatic N) is 2. The Labute approximate surface area is 449 Å². The van der Waals surface area contributed by atoms with Crippen LogP contribution in [0.3, 0.4) is 0 Å². The van der Waals surface area contributed by atoms with Gasteiger partial charge in [-0.05, 0) is 246 Å². The third-order valence-electron chi connectivity index (χ3n) is 19.3. The monoisotopic (exact) mass is 989 g/mol. The molecule has 0 atom stereocenters. The van der Waals surface area contributed by atoms with Gasteiger partial charge in [0.05, 0.1) is 0 Å². The number of hydrogen-bond donors (Lipinski definition) is 0. The Kier molecular flexibility index (Phi) is 26.6. The van der Waals surface area contributed by atoms with Gasteiger partial charge in [0.2, 0.25) is 0 Å². The number of piperidine rings is 2. The first-order valence-electron chi connectivity index (χ1n) is 31.1. The molecule has 0 N–H and O–H groups in total. The molecular formula is C69H132N2. The minimum Gasteiger partial charge on any atom is -0.298 e. The smallest absolute Gasteiger partial charge is 0.0125 e. The molecule has 2 heterocycles. The first kappa shape index (κ1) is 66.3. The van der Waals surface area contributed by atoms with E-state index in [1.165, 1.54) is 174 Å².